The van der Waals surface area contributed by atoms with Gasteiger partial charge in [-0.25, -0.2) is 9.97 Å². The fourth-order valence-corrected chi connectivity index (χ4v) is 4.48. The van der Waals surface area contributed by atoms with Crippen molar-refractivity contribution in [2.45, 2.75) is 13.5 Å². The minimum absolute atomic E-state index is 0.168. The lowest BCUT2D eigenvalue weighted by molar-refractivity contribution is 0.0632. The van der Waals surface area contributed by atoms with E-state index in [-0.39, 0.29) is 5.91 Å². The Bertz CT molecular complexity index is 885. The van der Waals surface area contributed by atoms with E-state index in [4.69, 9.17) is 0 Å². The highest BCUT2D eigenvalue weighted by Gasteiger charge is 2.25. The monoisotopic (exact) mass is 352 g/mol. The number of benzene rings is 1. The number of fused-ring (bicyclic) bond motifs is 1. The SMILES string of the molecule is Cc1c(C(=O)N2CCN(Cc3cncnc3)CC2)sc2ccccc12. The molecule has 6 heteroatoms. The molecule has 1 saturated heterocycles. The molecule has 0 bridgehead atoms. The van der Waals surface area contributed by atoms with Crippen molar-refractivity contribution in [3.63, 3.8) is 0 Å². The van der Waals surface area contributed by atoms with Gasteiger partial charge in [0.2, 0.25) is 0 Å². The summed E-state index contributed by atoms with van der Waals surface area (Å²) in [6, 6.07) is 8.24. The number of carbonyl (C=O) groups is 1. The lowest BCUT2D eigenvalue weighted by Crippen LogP contribution is -2.48. The van der Waals surface area contributed by atoms with Crippen LogP contribution in [0.25, 0.3) is 10.1 Å². The van der Waals surface area contributed by atoms with Crippen LogP contribution in [0.3, 0.4) is 0 Å². The average Bonchev–Trinajstić information content (AvgIpc) is 3.00. The second-order valence-corrected chi connectivity index (χ2v) is 7.42. The molecule has 3 heterocycles. The Morgan fingerprint density at radius 1 is 1.12 bits per heavy atom. The number of aryl methyl sites for hydroxylation is 1. The Hall–Kier alpha value is -2.31. The van der Waals surface area contributed by atoms with E-state index in [0.717, 1.165) is 48.7 Å². The molecule has 1 fully saturated rings. The molecule has 128 valence electrons. The van der Waals surface area contributed by atoms with Crippen LogP contribution in [0.15, 0.2) is 43.0 Å². The number of hydrogen-bond donors (Lipinski definition) is 0. The van der Waals surface area contributed by atoms with Gasteiger partial charge in [-0.1, -0.05) is 18.2 Å². The first kappa shape index (κ1) is 16.2. The molecule has 25 heavy (non-hydrogen) atoms. The summed E-state index contributed by atoms with van der Waals surface area (Å²) >= 11 is 1.61. The lowest BCUT2D eigenvalue weighted by atomic mass is 10.1. The Morgan fingerprint density at radius 3 is 2.56 bits per heavy atom. The summed E-state index contributed by atoms with van der Waals surface area (Å²) in [5.74, 6) is 0.168. The Morgan fingerprint density at radius 2 is 1.84 bits per heavy atom. The van der Waals surface area contributed by atoms with Crippen LogP contribution < -0.4 is 0 Å². The molecule has 4 rings (SSSR count). The van der Waals surface area contributed by atoms with Gasteiger partial charge in [0.25, 0.3) is 5.91 Å². The van der Waals surface area contributed by atoms with Gasteiger partial charge >= 0.3 is 0 Å². The lowest BCUT2D eigenvalue weighted by Gasteiger charge is -2.34. The van der Waals surface area contributed by atoms with Crippen molar-refractivity contribution < 1.29 is 4.79 Å². The van der Waals surface area contributed by atoms with E-state index < -0.39 is 0 Å². The number of nitrogens with zero attached hydrogens (tertiary/aromatic N) is 4. The van der Waals surface area contributed by atoms with Crippen molar-refractivity contribution >= 4 is 27.3 Å². The molecule has 0 aliphatic carbocycles. The zero-order valence-electron chi connectivity index (χ0n) is 14.2. The first-order chi connectivity index (χ1) is 12.2. The van der Waals surface area contributed by atoms with Crippen LogP contribution in [0.5, 0.6) is 0 Å². The van der Waals surface area contributed by atoms with Crippen molar-refractivity contribution in [3.8, 4) is 0 Å². The van der Waals surface area contributed by atoms with E-state index in [1.165, 1.54) is 10.1 Å². The maximum absolute atomic E-state index is 13.0. The van der Waals surface area contributed by atoms with Crippen molar-refractivity contribution in [3.05, 3.63) is 59.0 Å². The fraction of sp³-hybridized carbons (Fsp3) is 0.316. The average molecular weight is 352 g/mol. The van der Waals surface area contributed by atoms with Gasteiger partial charge in [0.15, 0.2) is 0 Å². The molecular formula is C19H20N4OS. The maximum Gasteiger partial charge on any atom is 0.264 e. The van der Waals surface area contributed by atoms with E-state index in [1.54, 1.807) is 17.7 Å². The number of rotatable bonds is 3. The Kier molecular flexibility index (Phi) is 4.46. The quantitative estimate of drug-likeness (QED) is 0.727. The minimum Gasteiger partial charge on any atom is -0.335 e. The summed E-state index contributed by atoms with van der Waals surface area (Å²) in [5, 5.41) is 1.19. The minimum atomic E-state index is 0.168. The predicted octanol–water partition coefficient (Wildman–Crippen LogP) is 2.96. The van der Waals surface area contributed by atoms with Crippen molar-refractivity contribution in [2.24, 2.45) is 0 Å². The molecule has 2 aromatic heterocycles. The third-order valence-corrected chi connectivity index (χ3v) is 5.98. The molecule has 1 aromatic carbocycles. The summed E-state index contributed by atoms with van der Waals surface area (Å²) in [4.78, 5) is 26.3. The van der Waals surface area contributed by atoms with E-state index >= 15 is 0 Å². The fourth-order valence-electron chi connectivity index (χ4n) is 3.30. The molecule has 0 unspecified atom stereocenters. The molecule has 0 radical (unpaired) electrons. The van der Waals surface area contributed by atoms with Crippen LogP contribution in [0.4, 0.5) is 0 Å². The second-order valence-electron chi connectivity index (χ2n) is 6.37. The summed E-state index contributed by atoms with van der Waals surface area (Å²) < 4.78 is 1.19. The van der Waals surface area contributed by atoms with Crippen LogP contribution in [0, 0.1) is 6.92 Å². The van der Waals surface area contributed by atoms with Gasteiger partial charge in [-0.3, -0.25) is 9.69 Å². The van der Waals surface area contributed by atoms with Crippen LogP contribution in [-0.4, -0.2) is 51.9 Å². The largest absolute Gasteiger partial charge is 0.335 e. The molecule has 1 amide bonds. The topological polar surface area (TPSA) is 49.3 Å². The maximum atomic E-state index is 13.0. The summed E-state index contributed by atoms with van der Waals surface area (Å²) in [6.07, 6.45) is 5.25. The van der Waals surface area contributed by atoms with Gasteiger partial charge in [0.05, 0.1) is 4.88 Å². The number of amides is 1. The van der Waals surface area contributed by atoms with E-state index in [1.807, 2.05) is 29.4 Å². The van der Waals surface area contributed by atoms with Gasteiger partial charge < -0.3 is 4.90 Å². The zero-order chi connectivity index (χ0) is 17.2. The van der Waals surface area contributed by atoms with Crippen LogP contribution in [0.2, 0.25) is 0 Å². The molecule has 5 nitrogen and oxygen atoms in total. The summed E-state index contributed by atoms with van der Waals surface area (Å²) in [6.45, 7) is 6.18. The number of hydrogen-bond acceptors (Lipinski definition) is 5. The Labute approximate surface area is 150 Å². The number of thiophene rings is 1. The molecular weight excluding hydrogens is 332 g/mol. The van der Waals surface area contributed by atoms with Gasteiger partial charge in [0, 0.05) is 55.4 Å². The summed E-state index contributed by atoms with van der Waals surface area (Å²) in [5.41, 5.74) is 2.22. The smallest absolute Gasteiger partial charge is 0.264 e. The molecule has 3 aromatic rings. The van der Waals surface area contributed by atoms with E-state index in [9.17, 15) is 4.79 Å². The van der Waals surface area contributed by atoms with Gasteiger partial charge in [-0.05, 0) is 23.9 Å². The first-order valence-electron chi connectivity index (χ1n) is 8.46. The highest BCUT2D eigenvalue weighted by molar-refractivity contribution is 7.21. The van der Waals surface area contributed by atoms with Crippen LogP contribution >= 0.6 is 11.3 Å². The zero-order valence-corrected chi connectivity index (χ0v) is 15.0. The molecule has 1 aliphatic rings. The standard InChI is InChI=1S/C19H20N4OS/c1-14-16-4-2-3-5-17(16)25-18(14)19(24)23-8-6-22(7-9-23)12-15-10-20-13-21-11-15/h2-5,10-11,13H,6-9,12H2,1H3. The van der Waals surface area contributed by atoms with Crippen molar-refractivity contribution in [2.75, 3.05) is 26.2 Å². The normalized spacial score (nSPS) is 15.6. The summed E-state index contributed by atoms with van der Waals surface area (Å²) in [7, 11) is 0. The highest BCUT2D eigenvalue weighted by atomic mass is 32.1. The highest BCUT2D eigenvalue weighted by Crippen LogP contribution is 2.31. The van der Waals surface area contributed by atoms with Crippen molar-refractivity contribution in [1.82, 2.24) is 19.8 Å². The van der Waals surface area contributed by atoms with Gasteiger partial charge in [0.1, 0.15) is 6.33 Å². The third kappa shape index (κ3) is 3.27. The van der Waals surface area contributed by atoms with Gasteiger partial charge in [-0.15, -0.1) is 11.3 Å². The molecule has 0 saturated carbocycles. The van der Waals surface area contributed by atoms with Crippen molar-refractivity contribution in [1.29, 1.82) is 0 Å². The predicted molar refractivity (Wildman–Crippen MR) is 99.8 cm³/mol. The number of carbonyl (C=O) groups excluding carboxylic acids is 1. The van der Waals surface area contributed by atoms with E-state index in [0.29, 0.717) is 0 Å². The molecule has 0 atom stereocenters. The first-order valence-corrected chi connectivity index (χ1v) is 9.27. The third-order valence-electron chi connectivity index (χ3n) is 4.72. The van der Waals surface area contributed by atoms with E-state index in [2.05, 4.69) is 33.9 Å². The number of piperazine rings is 1. The number of aromatic nitrogens is 2. The Balaban J connectivity index is 1.43. The van der Waals surface area contributed by atoms with Crippen LogP contribution in [-0.2, 0) is 6.54 Å². The molecule has 0 spiro atoms. The molecule has 0 N–H and O–H groups in total. The van der Waals surface area contributed by atoms with Crippen LogP contribution in [0.1, 0.15) is 20.8 Å². The molecule has 1 aliphatic heterocycles. The second kappa shape index (κ2) is 6.90. The van der Waals surface area contributed by atoms with Gasteiger partial charge in [-0.2, -0.15) is 0 Å².